The van der Waals surface area contributed by atoms with Crippen molar-refractivity contribution in [2.45, 2.75) is 19.9 Å². The first kappa shape index (κ1) is 13.9. The lowest BCUT2D eigenvalue weighted by Crippen LogP contribution is -2.15. The molecule has 0 aliphatic carbocycles. The van der Waals surface area contributed by atoms with E-state index in [1.54, 1.807) is 0 Å². The number of H-pyrrole nitrogens is 1. The van der Waals surface area contributed by atoms with Gasteiger partial charge in [0.2, 0.25) is 0 Å². The molecule has 4 heteroatoms. The molecule has 2 aromatic heterocycles. The number of halogens is 1. The maximum absolute atomic E-state index is 3.56. The van der Waals surface area contributed by atoms with Gasteiger partial charge in [-0.3, -0.25) is 0 Å². The Balaban J connectivity index is 1.55. The van der Waals surface area contributed by atoms with E-state index >= 15 is 0 Å². The Kier molecular flexibility index (Phi) is 4.24. The van der Waals surface area contributed by atoms with Gasteiger partial charge in [0.05, 0.1) is 0 Å². The first-order valence-electron chi connectivity index (χ1n) is 6.74. The maximum atomic E-state index is 3.56. The summed E-state index contributed by atoms with van der Waals surface area (Å²) in [6.07, 6.45) is 3.17. The molecule has 1 aromatic carbocycles. The van der Waals surface area contributed by atoms with Crippen LogP contribution in [0.3, 0.4) is 0 Å². The fourth-order valence-electron chi connectivity index (χ4n) is 2.38. The molecule has 2 N–H and O–H groups in total. The van der Waals surface area contributed by atoms with Gasteiger partial charge in [0, 0.05) is 37.9 Å². The van der Waals surface area contributed by atoms with E-state index in [1.165, 1.54) is 30.7 Å². The fraction of sp³-hybridized carbons (Fsp3) is 0.250. The predicted molar refractivity (Wildman–Crippen MR) is 90.5 cm³/mol. The highest BCUT2D eigenvalue weighted by molar-refractivity contribution is 9.10. The lowest BCUT2D eigenvalue weighted by Gasteiger charge is -2.02. The van der Waals surface area contributed by atoms with Gasteiger partial charge < -0.3 is 10.3 Å². The minimum absolute atomic E-state index is 0.944. The molecule has 0 fully saturated rings. The van der Waals surface area contributed by atoms with E-state index in [9.17, 15) is 0 Å². The van der Waals surface area contributed by atoms with Crippen LogP contribution in [0.2, 0.25) is 0 Å². The van der Waals surface area contributed by atoms with Gasteiger partial charge >= 0.3 is 0 Å². The van der Waals surface area contributed by atoms with Crippen molar-refractivity contribution in [3.8, 4) is 0 Å². The van der Waals surface area contributed by atoms with Gasteiger partial charge in [-0.05, 0) is 53.5 Å². The van der Waals surface area contributed by atoms with Crippen molar-refractivity contribution in [2.24, 2.45) is 0 Å². The summed E-state index contributed by atoms with van der Waals surface area (Å²) in [6.45, 7) is 4.08. The van der Waals surface area contributed by atoms with Gasteiger partial charge in [0.15, 0.2) is 0 Å². The van der Waals surface area contributed by atoms with Gasteiger partial charge in [-0.1, -0.05) is 18.2 Å². The van der Waals surface area contributed by atoms with Crippen LogP contribution < -0.4 is 5.32 Å². The quantitative estimate of drug-likeness (QED) is 0.646. The van der Waals surface area contributed by atoms with Gasteiger partial charge in [-0.2, -0.15) is 0 Å². The summed E-state index contributed by atoms with van der Waals surface area (Å²) < 4.78 is 1.22. The third-order valence-electron chi connectivity index (χ3n) is 3.45. The molecule has 0 unspecified atom stereocenters. The molecule has 0 saturated heterocycles. The van der Waals surface area contributed by atoms with Gasteiger partial charge in [0.1, 0.15) is 0 Å². The first-order chi connectivity index (χ1) is 9.74. The Bertz CT molecular complexity index is 695. The smallest absolute Gasteiger partial charge is 0.0456 e. The Morgan fingerprint density at radius 2 is 2.15 bits per heavy atom. The summed E-state index contributed by atoms with van der Waals surface area (Å²) in [7, 11) is 0. The predicted octanol–water partition coefficient (Wildman–Crippen LogP) is 4.63. The minimum Gasteiger partial charge on any atom is -0.361 e. The molecule has 0 bridgehead atoms. The van der Waals surface area contributed by atoms with E-state index in [2.05, 4.69) is 69.7 Å². The average molecular weight is 349 g/mol. The summed E-state index contributed by atoms with van der Waals surface area (Å²) in [5.41, 5.74) is 2.61. The normalized spacial score (nSPS) is 11.3. The number of aromatic amines is 1. The van der Waals surface area contributed by atoms with Gasteiger partial charge in [0.25, 0.3) is 0 Å². The van der Waals surface area contributed by atoms with Crippen molar-refractivity contribution in [1.82, 2.24) is 10.3 Å². The summed E-state index contributed by atoms with van der Waals surface area (Å²) in [5, 5.41) is 4.86. The topological polar surface area (TPSA) is 27.8 Å². The third-order valence-corrected chi connectivity index (χ3v) is 5.59. The van der Waals surface area contributed by atoms with Crippen LogP contribution in [0.5, 0.6) is 0 Å². The van der Waals surface area contributed by atoms with Gasteiger partial charge in [-0.15, -0.1) is 11.3 Å². The maximum Gasteiger partial charge on any atom is 0.0456 e. The molecule has 0 aliphatic heterocycles. The molecule has 3 rings (SSSR count). The molecule has 0 amide bonds. The second kappa shape index (κ2) is 6.12. The van der Waals surface area contributed by atoms with Crippen molar-refractivity contribution in [1.29, 1.82) is 0 Å². The zero-order valence-corrected chi connectivity index (χ0v) is 13.8. The van der Waals surface area contributed by atoms with E-state index in [0.717, 1.165) is 19.5 Å². The zero-order valence-electron chi connectivity index (χ0n) is 11.4. The third kappa shape index (κ3) is 2.97. The van der Waals surface area contributed by atoms with E-state index in [-0.39, 0.29) is 0 Å². The van der Waals surface area contributed by atoms with Crippen LogP contribution in [0.25, 0.3) is 10.9 Å². The first-order valence-corrected chi connectivity index (χ1v) is 8.35. The molecule has 0 radical (unpaired) electrons. The second-order valence-corrected chi connectivity index (χ2v) is 7.10. The standard InChI is InChI=1S/C16H17BrN2S/c1-11-15(17)8-13(20-11)10-18-7-6-12-9-19-16-5-3-2-4-14(12)16/h2-5,8-9,18-19H,6-7,10H2,1H3. The van der Waals surface area contributed by atoms with E-state index in [0.29, 0.717) is 0 Å². The summed E-state index contributed by atoms with van der Waals surface area (Å²) in [6, 6.07) is 10.7. The van der Waals surface area contributed by atoms with Crippen molar-refractivity contribution >= 4 is 38.2 Å². The molecule has 2 heterocycles. The molecule has 0 spiro atoms. The van der Waals surface area contributed by atoms with Crippen LogP contribution in [0.4, 0.5) is 0 Å². The summed E-state index contributed by atoms with van der Waals surface area (Å²) in [4.78, 5) is 6.05. The molecular weight excluding hydrogens is 332 g/mol. The van der Waals surface area contributed by atoms with Gasteiger partial charge in [-0.25, -0.2) is 0 Å². The SMILES string of the molecule is Cc1sc(CNCCc2c[nH]c3ccccc23)cc1Br. The highest BCUT2D eigenvalue weighted by Gasteiger charge is 2.04. The molecule has 0 aliphatic rings. The van der Waals surface area contributed by atoms with Crippen LogP contribution in [0.15, 0.2) is 41.0 Å². The molecule has 2 nitrogen and oxygen atoms in total. The van der Waals surface area contributed by atoms with Crippen LogP contribution in [-0.4, -0.2) is 11.5 Å². The Labute approximate surface area is 131 Å². The Hall–Kier alpha value is -1.10. The lowest BCUT2D eigenvalue weighted by molar-refractivity contribution is 0.695. The number of rotatable bonds is 5. The van der Waals surface area contributed by atoms with Crippen LogP contribution in [0, 0.1) is 6.92 Å². The minimum atomic E-state index is 0.944. The molecule has 3 aromatic rings. The summed E-state index contributed by atoms with van der Waals surface area (Å²) in [5.74, 6) is 0. The Morgan fingerprint density at radius 1 is 1.30 bits per heavy atom. The number of hydrogen-bond donors (Lipinski definition) is 2. The van der Waals surface area contributed by atoms with Crippen molar-refractivity contribution < 1.29 is 0 Å². The molecule has 0 atom stereocenters. The number of aryl methyl sites for hydroxylation is 1. The van der Waals surface area contributed by atoms with Crippen LogP contribution >= 0.6 is 27.3 Å². The number of hydrogen-bond acceptors (Lipinski definition) is 2. The largest absolute Gasteiger partial charge is 0.361 e. The molecule has 104 valence electrons. The van der Waals surface area contributed by atoms with Crippen LogP contribution in [-0.2, 0) is 13.0 Å². The number of nitrogens with one attached hydrogen (secondary N) is 2. The number of para-hydroxylation sites is 1. The van der Waals surface area contributed by atoms with Crippen molar-refractivity contribution in [3.63, 3.8) is 0 Å². The summed E-state index contributed by atoms with van der Waals surface area (Å²) >= 11 is 5.41. The second-order valence-electron chi connectivity index (χ2n) is 4.90. The number of benzene rings is 1. The average Bonchev–Trinajstić information content (AvgIpc) is 3.00. The highest BCUT2D eigenvalue weighted by Crippen LogP contribution is 2.26. The molecule has 0 saturated carbocycles. The zero-order chi connectivity index (χ0) is 13.9. The highest BCUT2D eigenvalue weighted by atomic mass is 79.9. The molecular formula is C16H17BrN2S. The lowest BCUT2D eigenvalue weighted by atomic mass is 10.1. The van der Waals surface area contributed by atoms with E-state index < -0.39 is 0 Å². The fourth-order valence-corrected chi connectivity index (χ4v) is 3.95. The monoisotopic (exact) mass is 348 g/mol. The van der Waals surface area contributed by atoms with Crippen LogP contribution in [0.1, 0.15) is 15.3 Å². The van der Waals surface area contributed by atoms with E-state index in [1.807, 2.05) is 11.3 Å². The van der Waals surface area contributed by atoms with Crippen molar-refractivity contribution in [2.75, 3.05) is 6.54 Å². The van der Waals surface area contributed by atoms with Crippen molar-refractivity contribution in [3.05, 3.63) is 56.3 Å². The van der Waals surface area contributed by atoms with E-state index in [4.69, 9.17) is 0 Å². The number of thiophene rings is 1. The number of fused-ring (bicyclic) bond motifs is 1. The number of aromatic nitrogens is 1. The molecule has 20 heavy (non-hydrogen) atoms. The Morgan fingerprint density at radius 3 is 2.95 bits per heavy atom.